The summed E-state index contributed by atoms with van der Waals surface area (Å²) in [5.74, 6) is 0. The van der Waals surface area contributed by atoms with Gasteiger partial charge in [-0.2, -0.15) is 0 Å². The quantitative estimate of drug-likeness (QED) is 0.534. The second-order valence-electron chi connectivity index (χ2n) is 5.60. The van der Waals surface area contributed by atoms with Gasteiger partial charge in [0.1, 0.15) is 0 Å². The Morgan fingerprint density at radius 3 is 2.57 bits per heavy atom. The van der Waals surface area contributed by atoms with Crippen molar-refractivity contribution in [3.8, 4) is 0 Å². The second-order valence-corrected chi connectivity index (χ2v) is 5.60. The highest BCUT2D eigenvalue weighted by Crippen LogP contribution is 2.53. The molecule has 14 heavy (non-hydrogen) atoms. The van der Waals surface area contributed by atoms with Crippen LogP contribution in [0, 0.1) is 5.41 Å². The van der Waals surface area contributed by atoms with Crippen LogP contribution in [0.3, 0.4) is 0 Å². The SMILES string of the molecule is CC1=CCCC(C)(C)[C@@]12CCC(C)O2. The number of hydrogen-bond acceptors (Lipinski definition) is 1. The predicted octanol–water partition coefficient (Wildman–Crippen LogP) is 3.69. The van der Waals surface area contributed by atoms with Crippen LogP contribution in [0.25, 0.3) is 0 Å². The Labute approximate surface area is 87.5 Å². The molecule has 1 spiro atoms. The van der Waals surface area contributed by atoms with E-state index in [0.717, 1.165) is 0 Å². The fourth-order valence-corrected chi connectivity index (χ4v) is 3.21. The van der Waals surface area contributed by atoms with Gasteiger partial charge in [0.15, 0.2) is 0 Å². The molecule has 1 aliphatic carbocycles. The largest absolute Gasteiger partial charge is 0.367 e. The van der Waals surface area contributed by atoms with E-state index in [1.165, 1.54) is 31.3 Å². The normalized spacial score (nSPS) is 41.4. The van der Waals surface area contributed by atoms with Gasteiger partial charge >= 0.3 is 0 Å². The lowest BCUT2D eigenvalue weighted by molar-refractivity contribution is -0.0912. The fraction of sp³-hybridized carbons (Fsp3) is 0.846. The van der Waals surface area contributed by atoms with E-state index in [2.05, 4.69) is 33.8 Å². The minimum absolute atomic E-state index is 0.0602. The van der Waals surface area contributed by atoms with E-state index in [0.29, 0.717) is 11.5 Å². The standard InChI is InChI=1S/C13H22O/c1-10-6-5-8-12(3,4)13(10)9-7-11(2)14-13/h6,11H,5,7-9H2,1-4H3/t11?,13-/m1/s1. The molecule has 2 rings (SSSR count). The molecule has 0 aromatic carbocycles. The first-order valence-electron chi connectivity index (χ1n) is 5.83. The lowest BCUT2D eigenvalue weighted by Crippen LogP contribution is -2.47. The summed E-state index contributed by atoms with van der Waals surface area (Å²) in [6, 6.07) is 0. The molecule has 1 saturated heterocycles. The molecule has 1 unspecified atom stereocenters. The van der Waals surface area contributed by atoms with Crippen LogP contribution in [0.1, 0.15) is 53.4 Å². The van der Waals surface area contributed by atoms with E-state index >= 15 is 0 Å². The van der Waals surface area contributed by atoms with Crippen molar-refractivity contribution < 1.29 is 4.74 Å². The smallest absolute Gasteiger partial charge is 0.0944 e. The van der Waals surface area contributed by atoms with Crippen LogP contribution in [0.5, 0.6) is 0 Å². The Bertz CT molecular complexity index is 264. The topological polar surface area (TPSA) is 9.23 Å². The molecule has 0 bridgehead atoms. The number of rotatable bonds is 0. The van der Waals surface area contributed by atoms with Crippen molar-refractivity contribution in [2.75, 3.05) is 0 Å². The second kappa shape index (κ2) is 3.10. The van der Waals surface area contributed by atoms with Crippen LogP contribution < -0.4 is 0 Å². The molecular formula is C13H22O. The van der Waals surface area contributed by atoms with Crippen molar-refractivity contribution >= 4 is 0 Å². The van der Waals surface area contributed by atoms with Crippen molar-refractivity contribution in [3.05, 3.63) is 11.6 Å². The average molecular weight is 194 g/mol. The minimum atomic E-state index is 0.0602. The molecule has 0 N–H and O–H groups in total. The zero-order valence-electron chi connectivity index (χ0n) is 9.89. The van der Waals surface area contributed by atoms with Gasteiger partial charge in [0, 0.05) is 0 Å². The molecular weight excluding hydrogens is 172 g/mol. The average Bonchev–Trinajstić information content (AvgIpc) is 2.46. The van der Waals surface area contributed by atoms with Crippen molar-refractivity contribution in [3.63, 3.8) is 0 Å². The van der Waals surface area contributed by atoms with Gasteiger partial charge in [-0.1, -0.05) is 19.9 Å². The van der Waals surface area contributed by atoms with E-state index in [-0.39, 0.29) is 5.60 Å². The van der Waals surface area contributed by atoms with Crippen LogP contribution >= 0.6 is 0 Å². The van der Waals surface area contributed by atoms with Crippen molar-refractivity contribution in [1.29, 1.82) is 0 Å². The maximum atomic E-state index is 6.25. The van der Waals surface area contributed by atoms with Crippen LogP contribution in [0.15, 0.2) is 11.6 Å². The van der Waals surface area contributed by atoms with Gasteiger partial charge in [-0.25, -0.2) is 0 Å². The molecule has 0 amide bonds. The highest BCUT2D eigenvalue weighted by atomic mass is 16.5. The number of allylic oxidation sites excluding steroid dienone is 1. The first-order valence-corrected chi connectivity index (χ1v) is 5.83. The summed E-state index contributed by atoms with van der Waals surface area (Å²) in [4.78, 5) is 0. The van der Waals surface area contributed by atoms with Gasteiger partial charge in [0.2, 0.25) is 0 Å². The molecule has 1 heterocycles. The van der Waals surface area contributed by atoms with E-state index in [1.54, 1.807) is 0 Å². The first-order chi connectivity index (χ1) is 6.48. The summed E-state index contributed by atoms with van der Waals surface area (Å²) in [7, 11) is 0. The Kier molecular flexibility index (Phi) is 2.26. The molecule has 0 saturated carbocycles. The lowest BCUT2D eigenvalue weighted by Gasteiger charge is -2.47. The van der Waals surface area contributed by atoms with Gasteiger partial charge in [-0.05, 0) is 50.5 Å². The molecule has 0 aromatic rings. The van der Waals surface area contributed by atoms with Crippen LogP contribution in [-0.2, 0) is 4.74 Å². The summed E-state index contributed by atoms with van der Waals surface area (Å²) in [6.07, 6.45) is 7.73. The molecule has 1 aliphatic heterocycles. The number of ether oxygens (including phenoxy) is 1. The minimum Gasteiger partial charge on any atom is -0.367 e. The van der Waals surface area contributed by atoms with Crippen LogP contribution in [0.2, 0.25) is 0 Å². The summed E-state index contributed by atoms with van der Waals surface area (Å²) in [5.41, 5.74) is 1.85. The zero-order valence-corrected chi connectivity index (χ0v) is 9.89. The third kappa shape index (κ3) is 1.25. The molecule has 0 aromatic heterocycles. The van der Waals surface area contributed by atoms with Crippen LogP contribution in [-0.4, -0.2) is 11.7 Å². The van der Waals surface area contributed by atoms with Crippen molar-refractivity contribution in [2.45, 2.75) is 65.1 Å². The Morgan fingerprint density at radius 1 is 1.36 bits per heavy atom. The monoisotopic (exact) mass is 194 g/mol. The molecule has 2 atom stereocenters. The molecule has 2 aliphatic rings. The van der Waals surface area contributed by atoms with Gasteiger partial charge in [0.05, 0.1) is 11.7 Å². The lowest BCUT2D eigenvalue weighted by atomic mass is 9.64. The van der Waals surface area contributed by atoms with Gasteiger partial charge in [-0.3, -0.25) is 0 Å². The zero-order chi connectivity index (χ0) is 10.4. The molecule has 1 heteroatoms. The maximum Gasteiger partial charge on any atom is 0.0944 e. The molecule has 80 valence electrons. The Balaban J connectivity index is 2.37. The van der Waals surface area contributed by atoms with Gasteiger partial charge in [0.25, 0.3) is 0 Å². The van der Waals surface area contributed by atoms with Gasteiger partial charge in [-0.15, -0.1) is 0 Å². The summed E-state index contributed by atoms with van der Waals surface area (Å²) in [5, 5.41) is 0. The third-order valence-electron chi connectivity index (χ3n) is 4.26. The summed E-state index contributed by atoms with van der Waals surface area (Å²) >= 11 is 0. The molecule has 1 fully saturated rings. The van der Waals surface area contributed by atoms with E-state index < -0.39 is 0 Å². The van der Waals surface area contributed by atoms with Crippen molar-refractivity contribution in [1.82, 2.24) is 0 Å². The maximum absolute atomic E-state index is 6.25. The van der Waals surface area contributed by atoms with Gasteiger partial charge < -0.3 is 4.74 Å². The molecule has 0 radical (unpaired) electrons. The predicted molar refractivity (Wildman–Crippen MR) is 59.3 cm³/mol. The highest BCUT2D eigenvalue weighted by molar-refractivity contribution is 5.25. The first kappa shape index (κ1) is 10.2. The van der Waals surface area contributed by atoms with Crippen LogP contribution in [0.4, 0.5) is 0 Å². The van der Waals surface area contributed by atoms with E-state index in [4.69, 9.17) is 4.74 Å². The highest BCUT2D eigenvalue weighted by Gasteiger charge is 2.52. The van der Waals surface area contributed by atoms with E-state index in [1.807, 2.05) is 0 Å². The van der Waals surface area contributed by atoms with Crippen molar-refractivity contribution in [2.24, 2.45) is 5.41 Å². The number of hydrogen-bond donors (Lipinski definition) is 0. The Hall–Kier alpha value is -0.300. The third-order valence-corrected chi connectivity index (χ3v) is 4.26. The summed E-state index contributed by atoms with van der Waals surface area (Å²) < 4.78 is 6.25. The van der Waals surface area contributed by atoms with E-state index in [9.17, 15) is 0 Å². The summed E-state index contributed by atoms with van der Waals surface area (Å²) in [6.45, 7) is 9.18. The fourth-order valence-electron chi connectivity index (χ4n) is 3.21. The molecule has 1 nitrogen and oxygen atoms in total. The Morgan fingerprint density at radius 2 is 2.07 bits per heavy atom.